The average Bonchev–Trinajstić information content (AvgIpc) is 2.63. The minimum absolute atomic E-state index is 0.0322. The molecule has 1 fully saturated rings. The normalized spacial score (nSPS) is 19.9. The van der Waals surface area contributed by atoms with Crippen LogP contribution >= 0.6 is 0 Å². The number of H-pyrrole nitrogens is 1. The highest BCUT2D eigenvalue weighted by atomic mass is 16.5. The predicted octanol–water partition coefficient (Wildman–Crippen LogP) is 1.03. The highest BCUT2D eigenvalue weighted by Gasteiger charge is 2.26. The number of aryl methyl sites for hydroxylation is 1. The van der Waals surface area contributed by atoms with E-state index in [1.165, 1.54) is 0 Å². The van der Waals surface area contributed by atoms with Crippen molar-refractivity contribution in [3.05, 3.63) is 40.4 Å². The van der Waals surface area contributed by atoms with Crippen molar-refractivity contribution >= 4 is 22.8 Å². The third kappa shape index (κ3) is 4.91. The van der Waals surface area contributed by atoms with Crippen LogP contribution in [0, 0.1) is 0 Å². The topological polar surface area (TPSA) is 102 Å². The first-order chi connectivity index (χ1) is 12.9. The highest BCUT2D eigenvalue weighted by molar-refractivity contribution is 5.81. The Kier molecular flexibility index (Phi) is 5.85. The Morgan fingerprint density at radius 3 is 2.70 bits per heavy atom. The molecule has 1 aromatic carbocycles. The number of para-hydroxylation sites is 1. The van der Waals surface area contributed by atoms with Crippen LogP contribution in [0.5, 0.6) is 0 Å². The summed E-state index contributed by atoms with van der Waals surface area (Å²) in [4.78, 5) is 44.8. The lowest BCUT2D eigenvalue weighted by Gasteiger charge is -2.35. The summed E-state index contributed by atoms with van der Waals surface area (Å²) in [5.74, 6) is -0.325. The van der Waals surface area contributed by atoms with Gasteiger partial charge in [-0.2, -0.15) is 0 Å². The van der Waals surface area contributed by atoms with Crippen molar-refractivity contribution in [2.75, 3.05) is 19.7 Å². The monoisotopic (exact) mass is 373 g/mol. The van der Waals surface area contributed by atoms with Gasteiger partial charge in [0.05, 0.1) is 29.5 Å². The van der Waals surface area contributed by atoms with E-state index < -0.39 is 5.97 Å². The van der Waals surface area contributed by atoms with Crippen molar-refractivity contribution < 1.29 is 19.1 Å². The lowest BCUT2D eigenvalue weighted by molar-refractivity contribution is -0.157. The van der Waals surface area contributed by atoms with Crippen LogP contribution in [0.1, 0.15) is 26.1 Å². The number of nitrogens with one attached hydrogen (secondary N) is 1. The van der Waals surface area contributed by atoms with Gasteiger partial charge >= 0.3 is 5.97 Å². The molecular formula is C19H23N3O5. The van der Waals surface area contributed by atoms with Crippen molar-refractivity contribution in [1.29, 1.82) is 0 Å². The molecule has 2 aromatic rings. The number of aromatic amines is 1. The zero-order valence-electron chi connectivity index (χ0n) is 15.4. The van der Waals surface area contributed by atoms with Crippen LogP contribution in [0.2, 0.25) is 0 Å². The summed E-state index contributed by atoms with van der Waals surface area (Å²) in [6.45, 7) is 4.49. The van der Waals surface area contributed by atoms with Gasteiger partial charge in [-0.3, -0.25) is 14.4 Å². The first-order valence-electron chi connectivity index (χ1n) is 8.99. The van der Waals surface area contributed by atoms with E-state index in [1.54, 1.807) is 29.2 Å². The van der Waals surface area contributed by atoms with E-state index in [4.69, 9.17) is 9.47 Å². The molecule has 3 rings (SSSR count). The van der Waals surface area contributed by atoms with Crippen molar-refractivity contribution in [3.8, 4) is 0 Å². The van der Waals surface area contributed by atoms with E-state index >= 15 is 0 Å². The highest BCUT2D eigenvalue weighted by Crippen LogP contribution is 2.11. The maximum Gasteiger partial charge on any atom is 0.306 e. The zero-order valence-corrected chi connectivity index (χ0v) is 15.4. The number of hydrogen-bond acceptors (Lipinski definition) is 6. The maximum absolute atomic E-state index is 12.2. The van der Waals surface area contributed by atoms with Crippen LogP contribution in [-0.2, 0) is 25.5 Å². The molecule has 0 saturated carbocycles. The molecule has 27 heavy (non-hydrogen) atoms. The smallest absolute Gasteiger partial charge is 0.306 e. The van der Waals surface area contributed by atoms with Crippen molar-refractivity contribution in [3.63, 3.8) is 0 Å². The van der Waals surface area contributed by atoms with Gasteiger partial charge in [-0.15, -0.1) is 0 Å². The van der Waals surface area contributed by atoms with Gasteiger partial charge in [0.25, 0.3) is 11.5 Å². The Labute approximate surface area is 156 Å². The van der Waals surface area contributed by atoms with E-state index in [9.17, 15) is 14.4 Å². The van der Waals surface area contributed by atoms with Crippen LogP contribution < -0.4 is 5.56 Å². The van der Waals surface area contributed by atoms with Gasteiger partial charge < -0.3 is 19.4 Å². The molecule has 8 nitrogen and oxygen atoms in total. The Bertz CT molecular complexity index is 884. The van der Waals surface area contributed by atoms with Crippen LogP contribution in [0.25, 0.3) is 10.9 Å². The molecule has 1 N–H and O–H groups in total. The van der Waals surface area contributed by atoms with E-state index in [-0.39, 0.29) is 43.1 Å². The first-order valence-corrected chi connectivity index (χ1v) is 8.99. The number of nitrogens with zero attached hydrogens (tertiary/aromatic N) is 2. The summed E-state index contributed by atoms with van der Waals surface area (Å²) in [5.41, 5.74) is 0.338. The van der Waals surface area contributed by atoms with Gasteiger partial charge in [-0.1, -0.05) is 12.1 Å². The van der Waals surface area contributed by atoms with Crippen LogP contribution in [0.4, 0.5) is 0 Å². The molecule has 0 radical (unpaired) electrons. The number of amides is 1. The second-order valence-electron chi connectivity index (χ2n) is 6.75. The van der Waals surface area contributed by atoms with Crippen molar-refractivity contribution in [2.24, 2.45) is 0 Å². The lowest BCUT2D eigenvalue weighted by Crippen LogP contribution is -2.49. The molecule has 0 spiro atoms. The molecule has 144 valence electrons. The van der Waals surface area contributed by atoms with Gasteiger partial charge in [0.2, 0.25) is 0 Å². The third-order valence-electron chi connectivity index (χ3n) is 4.36. The van der Waals surface area contributed by atoms with E-state index in [0.29, 0.717) is 29.8 Å². The van der Waals surface area contributed by atoms with E-state index in [1.807, 2.05) is 13.8 Å². The number of rotatable bonds is 5. The number of aromatic nitrogens is 2. The second-order valence-corrected chi connectivity index (χ2v) is 6.75. The largest absolute Gasteiger partial charge is 0.456 e. The van der Waals surface area contributed by atoms with E-state index in [2.05, 4.69) is 9.97 Å². The third-order valence-corrected chi connectivity index (χ3v) is 4.36. The standard InChI is InChI=1S/C19H23N3O5/c1-12-9-22(10-13(2)27-12)17(23)11-26-18(24)8-7-16-20-15-6-4-3-5-14(15)19(25)21-16/h3-6,12-13H,7-11H2,1-2H3,(H,20,21,25)/t12-,13-/m1/s1. The number of morpholine rings is 1. The van der Waals surface area contributed by atoms with Gasteiger partial charge in [-0.25, -0.2) is 4.98 Å². The summed E-state index contributed by atoms with van der Waals surface area (Å²) < 4.78 is 10.7. The number of carbonyl (C=O) groups is 2. The Morgan fingerprint density at radius 2 is 1.96 bits per heavy atom. The fourth-order valence-electron chi connectivity index (χ4n) is 3.16. The average molecular weight is 373 g/mol. The molecule has 0 unspecified atom stereocenters. The maximum atomic E-state index is 12.2. The molecule has 2 heterocycles. The second kappa shape index (κ2) is 8.30. The van der Waals surface area contributed by atoms with Crippen LogP contribution in [-0.4, -0.2) is 58.6 Å². The SMILES string of the molecule is C[C@@H]1CN(C(=O)COC(=O)CCc2nc3ccccc3c(=O)[nH]2)C[C@@H](C)O1. The summed E-state index contributed by atoms with van der Waals surface area (Å²) >= 11 is 0. The number of esters is 1. The predicted molar refractivity (Wildman–Crippen MR) is 98.2 cm³/mol. The van der Waals surface area contributed by atoms with Gasteiger partial charge in [0.15, 0.2) is 6.61 Å². The Balaban J connectivity index is 1.50. The number of carbonyl (C=O) groups excluding carboxylic acids is 2. The Morgan fingerprint density at radius 1 is 1.26 bits per heavy atom. The van der Waals surface area contributed by atoms with Crippen molar-refractivity contribution in [2.45, 2.75) is 38.9 Å². The Hall–Kier alpha value is -2.74. The van der Waals surface area contributed by atoms with Crippen molar-refractivity contribution in [1.82, 2.24) is 14.9 Å². The van der Waals surface area contributed by atoms with Gasteiger partial charge in [0, 0.05) is 19.5 Å². The number of ether oxygens (including phenoxy) is 2. The minimum atomic E-state index is -0.506. The molecule has 1 amide bonds. The first kappa shape index (κ1) is 19.0. The van der Waals surface area contributed by atoms with Crippen LogP contribution in [0.15, 0.2) is 29.1 Å². The lowest BCUT2D eigenvalue weighted by atomic mass is 10.2. The molecule has 1 aliphatic rings. The van der Waals surface area contributed by atoms with Crippen LogP contribution in [0.3, 0.4) is 0 Å². The van der Waals surface area contributed by atoms with Gasteiger partial charge in [-0.05, 0) is 26.0 Å². The minimum Gasteiger partial charge on any atom is -0.456 e. The van der Waals surface area contributed by atoms with Gasteiger partial charge in [0.1, 0.15) is 5.82 Å². The molecule has 2 atom stereocenters. The zero-order chi connectivity index (χ0) is 19.4. The number of benzene rings is 1. The fourth-order valence-corrected chi connectivity index (χ4v) is 3.16. The van der Waals surface area contributed by atoms with E-state index in [0.717, 1.165) is 0 Å². The molecular weight excluding hydrogens is 350 g/mol. The summed E-state index contributed by atoms with van der Waals surface area (Å²) in [6, 6.07) is 7.00. The number of fused-ring (bicyclic) bond motifs is 1. The quantitative estimate of drug-likeness (QED) is 0.786. The molecule has 0 aliphatic carbocycles. The molecule has 0 bridgehead atoms. The summed E-state index contributed by atoms with van der Waals surface area (Å²) in [7, 11) is 0. The number of hydrogen-bond donors (Lipinski definition) is 1. The summed E-state index contributed by atoms with van der Waals surface area (Å²) in [6.07, 6.45) is 0.192. The fraction of sp³-hybridized carbons (Fsp3) is 0.474. The molecule has 1 aromatic heterocycles. The molecule has 1 aliphatic heterocycles. The molecule has 8 heteroatoms. The summed E-state index contributed by atoms with van der Waals surface area (Å²) in [5, 5.41) is 0.503. The molecule has 1 saturated heterocycles.